The van der Waals surface area contributed by atoms with Crippen molar-refractivity contribution in [2.45, 2.75) is 50.0 Å². The lowest BCUT2D eigenvalue weighted by molar-refractivity contribution is -0.173. The maximum atomic E-state index is 13.8. The molecule has 0 radical (unpaired) electrons. The van der Waals surface area contributed by atoms with Crippen LogP contribution in [-0.4, -0.2) is 41.5 Å². The Kier molecular flexibility index (Phi) is 4.95. The first-order valence-corrected chi connectivity index (χ1v) is 11.8. The topological polar surface area (TPSA) is 67.2 Å². The third-order valence-corrected chi connectivity index (χ3v) is 7.59. The second kappa shape index (κ2) is 7.03. The fourth-order valence-electron chi connectivity index (χ4n) is 4.03. The maximum Gasteiger partial charge on any atom is 0.410 e. The molecule has 3 atom stereocenters. The van der Waals surface area contributed by atoms with Gasteiger partial charge in [0.25, 0.3) is 0 Å². The summed E-state index contributed by atoms with van der Waals surface area (Å²) in [5.74, 6) is 0.279. The SMILES string of the molecule is CS(=O)(=O)N1CCCC[C@@H]1c1cc2n(n1)[C@@H](C(F)(F)F)C[C@@H](c1cccs1)N2. The van der Waals surface area contributed by atoms with Gasteiger partial charge >= 0.3 is 6.18 Å². The van der Waals surface area contributed by atoms with E-state index in [1.807, 2.05) is 17.5 Å². The van der Waals surface area contributed by atoms with Crippen molar-refractivity contribution in [3.63, 3.8) is 0 Å². The van der Waals surface area contributed by atoms with E-state index in [0.29, 0.717) is 18.7 Å². The molecule has 0 aliphatic carbocycles. The van der Waals surface area contributed by atoms with Crippen LogP contribution in [0.5, 0.6) is 0 Å². The van der Waals surface area contributed by atoms with Gasteiger partial charge in [0.15, 0.2) is 6.04 Å². The quantitative estimate of drug-likeness (QED) is 0.790. The van der Waals surface area contributed by atoms with Gasteiger partial charge in [-0.05, 0) is 24.3 Å². The van der Waals surface area contributed by atoms with E-state index in [9.17, 15) is 21.6 Å². The minimum absolute atomic E-state index is 0.154. The molecule has 154 valence electrons. The number of fused-ring (bicyclic) bond motifs is 1. The highest BCUT2D eigenvalue weighted by Gasteiger charge is 2.47. The van der Waals surface area contributed by atoms with Crippen molar-refractivity contribution in [2.24, 2.45) is 0 Å². The van der Waals surface area contributed by atoms with Gasteiger partial charge in [0.2, 0.25) is 10.0 Å². The Hall–Kier alpha value is -1.59. The van der Waals surface area contributed by atoms with Crippen molar-refractivity contribution in [1.29, 1.82) is 0 Å². The van der Waals surface area contributed by atoms with Crippen molar-refractivity contribution in [3.8, 4) is 0 Å². The predicted molar refractivity (Wildman–Crippen MR) is 101 cm³/mol. The molecule has 4 rings (SSSR count). The minimum Gasteiger partial charge on any atom is -0.363 e. The summed E-state index contributed by atoms with van der Waals surface area (Å²) in [5, 5.41) is 9.23. The molecule has 11 heteroatoms. The Balaban J connectivity index is 1.72. The smallest absolute Gasteiger partial charge is 0.363 e. The molecule has 4 heterocycles. The molecule has 28 heavy (non-hydrogen) atoms. The van der Waals surface area contributed by atoms with Crippen LogP contribution < -0.4 is 5.32 Å². The van der Waals surface area contributed by atoms with Gasteiger partial charge in [-0.15, -0.1) is 11.3 Å². The Morgan fingerprint density at radius 1 is 1.32 bits per heavy atom. The molecule has 0 aromatic carbocycles. The van der Waals surface area contributed by atoms with E-state index in [1.165, 1.54) is 15.6 Å². The van der Waals surface area contributed by atoms with Crippen LogP contribution in [0, 0.1) is 0 Å². The summed E-state index contributed by atoms with van der Waals surface area (Å²) >= 11 is 1.41. The summed E-state index contributed by atoms with van der Waals surface area (Å²) in [5.41, 5.74) is 0.369. The molecular formula is C17H21F3N4O2S2. The van der Waals surface area contributed by atoms with Crippen molar-refractivity contribution in [2.75, 3.05) is 18.1 Å². The van der Waals surface area contributed by atoms with Gasteiger partial charge in [-0.3, -0.25) is 0 Å². The van der Waals surface area contributed by atoms with Crippen LogP contribution in [0.3, 0.4) is 0 Å². The van der Waals surface area contributed by atoms with Gasteiger partial charge in [0.05, 0.1) is 24.0 Å². The summed E-state index contributed by atoms with van der Waals surface area (Å²) in [7, 11) is -3.47. The van der Waals surface area contributed by atoms with Gasteiger partial charge in [-0.25, -0.2) is 13.1 Å². The largest absolute Gasteiger partial charge is 0.410 e. The van der Waals surface area contributed by atoms with Crippen LogP contribution in [0.1, 0.15) is 54.4 Å². The van der Waals surface area contributed by atoms with Gasteiger partial charge in [-0.2, -0.15) is 22.6 Å². The molecular weight excluding hydrogens is 413 g/mol. The average Bonchev–Trinajstić information content (AvgIpc) is 3.28. The molecule has 2 aliphatic heterocycles. The zero-order valence-electron chi connectivity index (χ0n) is 15.2. The van der Waals surface area contributed by atoms with Gasteiger partial charge in [0, 0.05) is 23.9 Å². The summed E-state index contributed by atoms with van der Waals surface area (Å²) in [6, 6.07) is 2.47. The third kappa shape index (κ3) is 3.67. The van der Waals surface area contributed by atoms with Gasteiger partial charge in [0.1, 0.15) is 5.82 Å². The molecule has 0 saturated carbocycles. The number of aromatic nitrogens is 2. The molecule has 1 N–H and O–H groups in total. The molecule has 1 fully saturated rings. The molecule has 6 nitrogen and oxygen atoms in total. The van der Waals surface area contributed by atoms with E-state index < -0.39 is 34.3 Å². The van der Waals surface area contributed by atoms with Crippen LogP contribution in [0.15, 0.2) is 23.6 Å². The number of sulfonamides is 1. The number of thiophene rings is 1. The first kappa shape index (κ1) is 19.7. The first-order valence-electron chi connectivity index (χ1n) is 9.07. The maximum absolute atomic E-state index is 13.8. The highest BCUT2D eigenvalue weighted by Crippen LogP contribution is 2.45. The monoisotopic (exact) mass is 434 g/mol. The fourth-order valence-corrected chi connectivity index (χ4v) is 5.96. The molecule has 2 aliphatic rings. The van der Waals surface area contributed by atoms with E-state index in [2.05, 4.69) is 10.4 Å². The molecule has 0 amide bonds. The summed E-state index contributed by atoms with van der Waals surface area (Å²) in [4.78, 5) is 0.832. The number of nitrogens with zero attached hydrogens (tertiary/aromatic N) is 3. The molecule has 0 spiro atoms. The normalized spacial score (nSPS) is 26.6. The number of piperidine rings is 1. The zero-order chi connectivity index (χ0) is 20.1. The average molecular weight is 435 g/mol. The zero-order valence-corrected chi connectivity index (χ0v) is 16.8. The number of alkyl halides is 3. The Morgan fingerprint density at radius 2 is 2.11 bits per heavy atom. The molecule has 2 aromatic heterocycles. The van der Waals surface area contributed by atoms with E-state index in [-0.39, 0.29) is 12.2 Å². The fraction of sp³-hybridized carbons (Fsp3) is 0.588. The highest BCUT2D eigenvalue weighted by atomic mass is 32.2. The first-order chi connectivity index (χ1) is 13.1. The van der Waals surface area contributed by atoms with E-state index in [4.69, 9.17) is 0 Å². The Bertz CT molecular complexity index is 940. The molecule has 0 unspecified atom stereocenters. The van der Waals surface area contributed by atoms with Gasteiger partial charge < -0.3 is 5.32 Å². The molecule has 1 saturated heterocycles. The van der Waals surface area contributed by atoms with Gasteiger partial charge in [-0.1, -0.05) is 12.5 Å². The Morgan fingerprint density at radius 3 is 2.75 bits per heavy atom. The summed E-state index contributed by atoms with van der Waals surface area (Å²) < 4.78 is 67.9. The number of halogens is 3. The van der Waals surface area contributed by atoms with Crippen LogP contribution in [0.25, 0.3) is 0 Å². The van der Waals surface area contributed by atoms with Crippen molar-refractivity contribution in [3.05, 3.63) is 34.2 Å². The minimum atomic E-state index is -4.45. The van der Waals surface area contributed by atoms with Crippen LogP contribution >= 0.6 is 11.3 Å². The molecule has 0 bridgehead atoms. The number of nitrogens with one attached hydrogen (secondary N) is 1. The highest BCUT2D eigenvalue weighted by molar-refractivity contribution is 7.88. The van der Waals surface area contributed by atoms with E-state index in [1.54, 1.807) is 6.07 Å². The molecule has 2 aromatic rings. The van der Waals surface area contributed by atoms with Crippen molar-refractivity contribution < 1.29 is 21.6 Å². The van der Waals surface area contributed by atoms with Crippen LogP contribution in [0.4, 0.5) is 19.0 Å². The number of anilines is 1. The van der Waals surface area contributed by atoms with Crippen molar-refractivity contribution in [1.82, 2.24) is 14.1 Å². The lowest BCUT2D eigenvalue weighted by atomic mass is 10.0. The summed E-state index contributed by atoms with van der Waals surface area (Å²) in [6.07, 6.45) is -1.37. The summed E-state index contributed by atoms with van der Waals surface area (Å²) in [6.45, 7) is 0.361. The second-order valence-electron chi connectivity index (χ2n) is 7.29. The third-order valence-electron chi connectivity index (χ3n) is 5.32. The van der Waals surface area contributed by atoms with E-state index in [0.717, 1.165) is 28.7 Å². The van der Waals surface area contributed by atoms with Crippen molar-refractivity contribution >= 4 is 27.2 Å². The lowest BCUT2D eigenvalue weighted by Gasteiger charge is -2.33. The van der Waals surface area contributed by atoms with Crippen LogP contribution in [0.2, 0.25) is 0 Å². The number of rotatable bonds is 3. The predicted octanol–water partition coefficient (Wildman–Crippen LogP) is 4.09. The van der Waals surface area contributed by atoms with E-state index >= 15 is 0 Å². The number of hydrogen-bond donors (Lipinski definition) is 1. The second-order valence-corrected chi connectivity index (χ2v) is 10.2. The van der Waals surface area contributed by atoms with Crippen LogP contribution in [-0.2, 0) is 10.0 Å². The standard InChI is InChI=1S/C17H21F3N4O2S2/c1-28(25,26)23-7-3-2-5-13(23)11-10-16-21-12(14-6-4-8-27-14)9-15(17(18,19)20)24(16)22-11/h4,6,8,10,12-13,15,21H,2-3,5,7,9H2,1H3/t12-,13+,15+/m0/s1. The lowest BCUT2D eigenvalue weighted by Crippen LogP contribution is -2.38. The number of hydrogen-bond acceptors (Lipinski definition) is 5. The Labute approximate surface area is 165 Å².